The first kappa shape index (κ1) is 11.5. The Hall–Kier alpha value is -1.01. The summed E-state index contributed by atoms with van der Waals surface area (Å²) in [6.45, 7) is 0. The lowest BCUT2D eigenvalue weighted by Crippen LogP contribution is -2.22. The van der Waals surface area contributed by atoms with Crippen molar-refractivity contribution in [1.82, 2.24) is 0 Å². The Morgan fingerprint density at radius 3 is 2.69 bits per heavy atom. The van der Waals surface area contributed by atoms with Gasteiger partial charge in [-0.3, -0.25) is 0 Å². The van der Waals surface area contributed by atoms with Crippen molar-refractivity contribution < 1.29 is 0 Å². The number of nitrogens with one attached hydrogen (secondary N) is 1. The molecule has 0 saturated heterocycles. The third-order valence-electron chi connectivity index (χ3n) is 3.07. The summed E-state index contributed by atoms with van der Waals surface area (Å²) in [4.78, 5) is 0. The smallest absolute Gasteiger partial charge is 0.101 e. The highest BCUT2D eigenvalue weighted by Crippen LogP contribution is 2.25. The van der Waals surface area contributed by atoms with Crippen LogP contribution in [0.25, 0.3) is 0 Å². The largest absolute Gasteiger partial charge is 0.381 e. The van der Waals surface area contributed by atoms with Crippen molar-refractivity contribution in [2.75, 3.05) is 5.32 Å². The highest BCUT2D eigenvalue weighted by molar-refractivity contribution is 9.10. The van der Waals surface area contributed by atoms with Gasteiger partial charge in [0, 0.05) is 10.5 Å². The van der Waals surface area contributed by atoms with Crippen LogP contribution in [-0.4, -0.2) is 6.04 Å². The van der Waals surface area contributed by atoms with Crippen LogP contribution in [0.1, 0.15) is 37.7 Å². The first-order chi connectivity index (χ1) is 7.79. The van der Waals surface area contributed by atoms with Crippen LogP contribution in [0.4, 0.5) is 5.69 Å². The van der Waals surface area contributed by atoms with E-state index in [2.05, 4.69) is 27.3 Å². The molecular weight excluding hydrogens is 264 g/mol. The Kier molecular flexibility index (Phi) is 3.84. The summed E-state index contributed by atoms with van der Waals surface area (Å²) in [5.74, 6) is 0. The van der Waals surface area contributed by atoms with Gasteiger partial charge < -0.3 is 5.32 Å². The lowest BCUT2D eigenvalue weighted by atomic mass is 9.95. The van der Waals surface area contributed by atoms with E-state index in [9.17, 15) is 0 Å². The molecule has 0 bridgehead atoms. The molecule has 84 valence electrons. The molecule has 1 aliphatic rings. The molecule has 0 aliphatic heterocycles. The van der Waals surface area contributed by atoms with Crippen molar-refractivity contribution in [3.8, 4) is 6.07 Å². The van der Waals surface area contributed by atoms with Crippen LogP contribution in [0.3, 0.4) is 0 Å². The van der Waals surface area contributed by atoms with Gasteiger partial charge >= 0.3 is 0 Å². The van der Waals surface area contributed by atoms with E-state index in [0.717, 1.165) is 15.7 Å². The maximum Gasteiger partial charge on any atom is 0.101 e. The fourth-order valence-corrected chi connectivity index (χ4v) is 2.56. The minimum Gasteiger partial charge on any atom is -0.381 e. The van der Waals surface area contributed by atoms with Gasteiger partial charge in [-0.1, -0.05) is 35.2 Å². The summed E-state index contributed by atoms with van der Waals surface area (Å²) in [5, 5.41) is 12.5. The van der Waals surface area contributed by atoms with E-state index in [1.807, 2.05) is 18.2 Å². The van der Waals surface area contributed by atoms with Gasteiger partial charge in [0.25, 0.3) is 0 Å². The summed E-state index contributed by atoms with van der Waals surface area (Å²) in [7, 11) is 0. The van der Waals surface area contributed by atoms with Gasteiger partial charge in [0.2, 0.25) is 0 Å². The average molecular weight is 279 g/mol. The molecule has 0 atom stereocenters. The Morgan fingerprint density at radius 2 is 2.00 bits per heavy atom. The lowest BCUT2D eigenvalue weighted by Gasteiger charge is -2.24. The summed E-state index contributed by atoms with van der Waals surface area (Å²) in [6.07, 6.45) is 6.40. The van der Waals surface area contributed by atoms with Crippen LogP contribution >= 0.6 is 15.9 Å². The number of nitrogens with zero attached hydrogens (tertiary/aromatic N) is 1. The fourth-order valence-electron chi connectivity index (χ4n) is 2.20. The highest BCUT2D eigenvalue weighted by atomic mass is 79.9. The van der Waals surface area contributed by atoms with Crippen molar-refractivity contribution >= 4 is 21.6 Å². The van der Waals surface area contributed by atoms with Crippen LogP contribution in [0.15, 0.2) is 22.7 Å². The van der Waals surface area contributed by atoms with E-state index >= 15 is 0 Å². The first-order valence-electron chi connectivity index (χ1n) is 5.76. The molecule has 2 rings (SSSR count). The maximum absolute atomic E-state index is 9.06. The molecule has 0 amide bonds. The minimum atomic E-state index is 0.544. The molecule has 0 heterocycles. The molecule has 0 unspecified atom stereocenters. The SMILES string of the molecule is N#Cc1cc(Br)ccc1NC1CCCCC1. The number of anilines is 1. The zero-order chi connectivity index (χ0) is 11.4. The molecule has 1 saturated carbocycles. The lowest BCUT2D eigenvalue weighted by molar-refractivity contribution is 0.462. The third kappa shape index (κ3) is 2.76. The standard InChI is InChI=1S/C13H15BrN2/c14-11-6-7-13(10(8-11)9-15)16-12-4-2-1-3-5-12/h6-8,12,16H,1-5H2. The van der Waals surface area contributed by atoms with Crippen molar-refractivity contribution in [1.29, 1.82) is 5.26 Å². The molecule has 3 heteroatoms. The topological polar surface area (TPSA) is 35.8 Å². The van der Waals surface area contributed by atoms with E-state index in [1.54, 1.807) is 0 Å². The molecule has 0 spiro atoms. The molecule has 1 aromatic rings. The second-order valence-electron chi connectivity index (χ2n) is 4.28. The van der Waals surface area contributed by atoms with Gasteiger partial charge in [0.1, 0.15) is 6.07 Å². The normalized spacial score (nSPS) is 16.8. The molecule has 1 N–H and O–H groups in total. The Bertz CT molecular complexity index is 403. The van der Waals surface area contributed by atoms with Gasteiger partial charge in [-0.2, -0.15) is 5.26 Å². The third-order valence-corrected chi connectivity index (χ3v) is 3.56. The van der Waals surface area contributed by atoms with Crippen LogP contribution in [-0.2, 0) is 0 Å². The molecule has 2 nitrogen and oxygen atoms in total. The van der Waals surface area contributed by atoms with Gasteiger partial charge in [-0.15, -0.1) is 0 Å². The van der Waals surface area contributed by atoms with Crippen molar-refractivity contribution in [3.05, 3.63) is 28.2 Å². The zero-order valence-corrected chi connectivity index (χ0v) is 10.8. The second-order valence-corrected chi connectivity index (χ2v) is 5.20. The van der Waals surface area contributed by atoms with Crippen molar-refractivity contribution in [2.45, 2.75) is 38.1 Å². The quantitative estimate of drug-likeness (QED) is 0.885. The second kappa shape index (κ2) is 5.36. The van der Waals surface area contributed by atoms with E-state index < -0.39 is 0 Å². The Morgan fingerprint density at radius 1 is 1.25 bits per heavy atom. The zero-order valence-electron chi connectivity index (χ0n) is 9.17. The molecule has 1 fully saturated rings. The number of hydrogen-bond donors (Lipinski definition) is 1. The Labute approximate surface area is 105 Å². The maximum atomic E-state index is 9.06. The van der Waals surface area contributed by atoms with Gasteiger partial charge in [0.05, 0.1) is 11.3 Å². The van der Waals surface area contributed by atoms with Crippen molar-refractivity contribution in [3.63, 3.8) is 0 Å². The van der Waals surface area contributed by atoms with E-state index in [-0.39, 0.29) is 0 Å². The van der Waals surface area contributed by atoms with E-state index in [1.165, 1.54) is 32.1 Å². The van der Waals surface area contributed by atoms with Gasteiger partial charge in [-0.05, 0) is 31.0 Å². The molecule has 1 aromatic carbocycles. The van der Waals surface area contributed by atoms with E-state index in [4.69, 9.17) is 5.26 Å². The molecule has 0 radical (unpaired) electrons. The fraction of sp³-hybridized carbons (Fsp3) is 0.462. The van der Waals surface area contributed by atoms with Crippen LogP contribution < -0.4 is 5.32 Å². The predicted octanol–water partition coefficient (Wildman–Crippen LogP) is 4.07. The molecule has 0 aromatic heterocycles. The summed E-state index contributed by atoms with van der Waals surface area (Å²) in [5.41, 5.74) is 1.69. The first-order valence-corrected chi connectivity index (χ1v) is 6.55. The Balaban J connectivity index is 2.11. The molecule has 16 heavy (non-hydrogen) atoms. The van der Waals surface area contributed by atoms with Crippen LogP contribution in [0.5, 0.6) is 0 Å². The number of rotatable bonds is 2. The van der Waals surface area contributed by atoms with Crippen molar-refractivity contribution in [2.24, 2.45) is 0 Å². The van der Waals surface area contributed by atoms with Gasteiger partial charge in [-0.25, -0.2) is 0 Å². The summed E-state index contributed by atoms with van der Waals surface area (Å²) < 4.78 is 0.957. The number of hydrogen-bond acceptors (Lipinski definition) is 2. The molecule has 1 aliphatic carbocycles. The van der Waals surface area contributed by atoms with Crippen LogP contribution in [0.2, 0.25) is 0 Å². The van der Waals surface area contributed by atoms with Gasteiger partial charge in [0.15, 0.2) is 0 Å². The summed E-state index contributed by atoms with van der Waals surface area (Å²) in [6, 6.07) is 8.60. The number of halogens is 1. The summed E-state index contributed by atoms with van der Waals surface area (Å²) >= 11 is 3.38. The minimum absolute atomic E-state index is 0.544. The predicted molar refractivity (Wildman–Crippen MR) is 69.4 cm³/mol. The number of nitriles is 1. The average Bonchev–Trinajstić information content (AvgIpc) is 2.33. The van der Waals surface area contributed by atoms with E-state index in [0.29, 0.717) is 6.04 Å². The monoisotopic (exact) mass is 278 g/mol. The van der Waals surface area contributed by atoms with Crippen LogP contribution in [0, 0.1) is 11.3 Å². The highest BCUT2D eigenvalue weighted by Gasteiger charge is 2.14. The molecular formula is C13H15BrN2. The number of benzene rings is 1.